The summed E-state index contributed by atoms with van der Waals surface area (Å²) in [5, 5.41) is 20.3. The van der Waals surface area contributed by atoms with Gasteiger partial charge in [-0.15, -0.1) is 0 Å². The zero-order valence-electron chi connectivity index (χ0n) is 18.4. The predicted octanol–water partition coefficient (Wildman–Crippen LogP) is 4.92. The van der Waals surface area contributed by atoms with E-state index in [4.69, 9.17) is 21.2 Å². The number of carbonyl (C=O) groups excluding carboxylic acids is 2. The second-order valence-electron chi connectivity index (χ2n) is 7.16. The van der Waals surface area contributed by atoms with Crippen molar-refractivity contribution in [1.82, 2.24) is 10.4 Å². The smallest absolute Gasteiger partial charge is 0.434 e. The quantitative estimate of drug-likeness (QED) is 0.330. The highest BCUT2D eigenvalue weighted by Crippen LogP contribution is 2.38. The lowest BCUT2D eigenvalue weighted by molar-refractivity contribution is 0.0344. The molecule has 1 aliphatic rings. The first-order valence-corrected chi connectivity index (χ1v) is 10.9. The molecule has 1 amide bonds. The Kier molecular flexibility index (Phi) is 9.46. The molecular formula is C23H29ClN2O6. The summed E-state index contributed by atoms with van der Waals surface area (Å²) in [7, 11) is 0. The van der Waals surface area contributed by atoms with E-state index in [-0.39, 0.29) is 21.8 Å². The van der Waals surface area contributed by atoms with E-state index in [2.05, 4.69) is 5.48 Å². The minimum atomic E-state index is -0.794. The van der Waals surface area contributed by atoms with Crippen molar-refractivity contribution < 1.29 is 29.4 Å². The molecule has 0 aromatic heterocycles. The number of halogens is 1. The fraction of sp³-hybridized carbons (Fsp3) is 0.391. The van der Waals surface area contributed by atoms with Crippen LogP contribution in [0.15, 0.2) is 36.1 Å². The molecule has 0 fully saturated rings. The van der Waals surface area contributed by atoms with Crippen molar-refractivity contribution in [2.45, 2.75) is 46.1 Å². The first-order valence-electron chi connectivity index (χ1n) is 10.5. The first kappa shape index (κ1) is 25.1. The number of cyclic esters (lactones) is 1. The van der Waals surface area contributed by atoms with Crippen molar-refractivity contribution in [3.05, 3.63) is 52.2 Å². The van der Waals surface area contributed by atoms with Gasteiger partial charge in [0.25, 0.3) is 0 Å². The van der Waals surface area contributed by atoms with Crippen LogP contribution in [0.1, 0.15) is 56.0 Å². The number of allylic oxidation sites excluding steroid dienone is 3. The Balaban J connectivity index is 2.52. The van der Waals surface area contributed by atoms with Gasteiger partial charge in [0.15, 0.2) is 0 Å². The summed E-state index contributed by atoms with van der Waals surface area (Å²) < 4.78 is 5.44. The number of phenols is 2. The minimum absolute atomic E-state index is 0.0278. The summed E-state index contributed by atoms with van der Waals surface area (Å²) in [6.07, 6.45) is 9.79. The Morgan fingerprint density at radius 2 is 1.91 bits per heavy atom. The van der Waals surface area contributed by atoms with Gasteiger partial charge in [-0.25, -0.2) is 15.1 Å². The molecule has 0 unspecified atom stereocenters. The molecule has 0 radical (unpaired) electrons. The number of nitrogens with zero attached hydrogens (tertiary/aromatic N) is 1. The summed E-state index contributed by atoms with van der Waals surface area (Å²) in [4.78, 5) is 31.7. The summed E-state index contributed by atoms with van der Waals surface area (Å²) >= 11 is 6.27. The Hall–Kier alpha value is -3.13. The number of hydroxylamine groups is 1. The molecule has 8 nitrogen and oxygen atoms in total. The van der Waals surface area contributed by atoms with Gasteiger partial charge in [-0.05, 0) is 45.8 Å². The number of carbonyl (C=O) groups is 2. The summed E-state index contributed by atoms with van der Waals surface area (Å²) in [6, 6.07) is 0.979. The molecule has 32 heavy (non-hydrogen) atoms. The third-order valence-corrected chi connectivity index (χ3v) is 5.18. The lowest BCUT2D eigenvalue weighted by atomic mass is 10.0. The number of hydrogen-bond donors (Lipinski definition) is 3. The maximum absolute atomic E-state index is 12.8. The summed E-state index contributed by atoms with van der Waals surface area (Å²) in [5.74, 6) is -1.69. The van der Waals surface area contributed by atoms with Crippen molar-refractivity contribution >= 4 is 29.7 Å². The SMILES string of the molecule is CCN(CC)C(=O)ON/C1=C\c2c(Cl)c(O)cc(O)c2C(=O)O[C@H](C)CC=CCCC=C1. The van der Waals surface area contributed by atoms with Crippen LogP contribution in [-0.4, -0.2) is 46.4 Å². The van der Waals surface area contributed by atoms with Crippen molar-refractivity contribution in [3.63, 3.8) is 0 Å². The van der Waals surface area contributed by atoms with E-state index in [9.17, 15) is 19.8 Å². The van der Waals surface area contributed by atoms with Gasteiger partial charge in [0.2, 0.25) is 0 Å². The first-order chi connectivity index (χ1) is 15.3. The number of benzene rings is 1. The Morgan fingerprint density at radius 1 is 1.22 bits per heavy atom. The van der Waals surface area contributed by atoms with Gasteiger partial charge in [-0.1, -0.05) is 29.8 Å². The van der Waals surface area contributed by atoms with Crippen LogP contribution in [-0.2, 0) is 9.57 Å². The summed E-state index contributed by atoms with van der Waals surface area (Å²) in [6.45, 7) is 6.33. The Bertz CT molecular complexity index is 922. The van der Waals surface area contributed by atoms with Gasteiger partial charge in [0.05, 0.1) is 10.7 Å². The van der Waals surface area contributed by atoms with Crippen LogP contribution < -0.4 is 5.48 Å². The van der Waals surface area contributed by atoms with Gasteiger partial charge in [0, 0.05) is 31.1 Å². The number of esters is 1. The highest BCUT2D eigenvalue weighted by atomic mass is 35.5. The van der Waals surface area contributed by atoms with E-state index in [0.717, 1.165) is 12.5 Å². The van der Waals surface area contributed by atoms with E-state index in [1.165, 1.54) is 11.0 Å². The van der Waals surface area contributed by atoms with Crippen LogP contribution in [0.2, 0.25) is 5.02 Å². The molecule has 1 aromatic carbocycles. The highest BCUT2D eigenvalue weighted by Gasteiger charge is 2.24. The number of ether oxygens (including phenoxy) is 1. The normalized spacial score (nSPS) is 18.6. The molecule has 3 N–H and O–H groups in total. The van der Waals surface area contributed by atoms with Gasteiger partial charge in [-0.3, -0.25) is 0 Å². The second kappa shape index (κ2) is 12.0. The van der Waals surface area contributed by atoms with Gasteiger partial charge in [-0.2, -0.15) is 0 Å². The van der Waals surface area contributed by atoms with E-state index >= 15 is 0 Å². The molecule has 0 aliphatic carbocycles. The standard InChI is InChI=1S/C23H29ClN2O6/c1-4-26(5-2)23(30)32-25-16-12-10-8-6-7-9-11-15(3)31-22(29)20-17(13-16)21(24)19(28)14-18(20)27/h7,9-10,12-15,25,27-28H,4-6,8,11H2,1-3H3/b9-7?,12-10?,16-13-/t15-/m1/s1. The number of rotatable bonds is 4. The third kappa shape index (κ3) is 6.68. The van der Waals surface area contributed by atoms with Crippen LogP contribution in [0.5, 0.6) is 11.5 Å². The molecule has 174 valence electrons. The van der Waals surface area contributed by atoms with E-state index < -0.39 is 29.7 Å². The molecule has 0 spiro atoms. The molecule has 2 rings (SSSR count). The monoisotopic (exact) mass is 464 g/mol. The van der Waals surface area contributed by atoms with E-state index in [1.54, 1.807) is 13.0 Å². The van der Waals surface area contributed by atoms with Gasteiger partial charge in [0.1, 0.15) is 23.2 Å². The number of amides is 1. The second-order valence-corrected chi connectivity index (χ2v) is 7.54. The topological polar surface area (TPSA) is 108 Å². The van der Waals surface area contributed by atoms with Crippen molar-refractivity contribution in [3.8, 4) is 11.5 Å². The highest BCUT2D eigenvalue weighted by molar-refractivity contribution is 6.34. The van der Waals surface area contributed by atoms with Crippen LogP contribution >= 0.6 is 11.6 Å². The van der Waals surface area contributed by atoms with Crippen molar-refractivity contribution in [2.75, 3.05) is 13.1 Å². The van der Waals surface area contributed by atoms with Crippen molar-refractivity contribution in [1.29, 1.82) is 0 Å². The lowest BCUT2D eigenvalue weighted by Gasteiger charge is -2.19. The van der Waals surface area contributed by atoms with Crippen LogP contribution in [0.4, 0.5) is 4.79 Å². The van der Waals surface area contributed by atoms with E-state index in [1.807, 2.05) is 32.1 Å². The molecule has 9 heteroatoms. The molecule has 0 saturated carbocycles. The van der Waals surface area contributed by atoms with Crippen molar-refractivity contribution in [2.24, 2.45) is 0 Å². The van der Waals surface area contributed by atoms with Crippen LogP contribution in [0.25, 0.3) is 6.08 Å². The molecule has 1 aliphatic heterocycles. The number of aromatic hydroxyl groups is 2. The number of phenolic OH excluding ortho intramolecular Hbond substituents is 2. The molecule has 0 bridgehead atoms. The average molecular weight is 465 g/mol. The van der Waals surface area contributed by atoms with Crippen LogP contribution in [0, 0.1) is 0 Å². The molecule has 1 aromatic rings. The third-order valence-electron chi connectivity index (χ3n) is 4.78. The molecular weight excluding hydrogens is 436 g/mol. The number of fused-ring (bicyclic) bond motifs is 1. The predicted molar refractivity (Wildman–Crippen MR) is 122 cm³/mol. The van der Waals surface area contributed by atoms with E-state index in [0.29, 0.717) is 25.9 Å². The van der Waals surface area contributed by atoms with Crippen LogP contribution in [0.3, 0.4) is 0 Å². The minimum Gasteiger partial charge on any atom is -0.507 e. The zero-order chi connectivity index (χ0) is 23.7. The zero-order valence-corrected chi connectivity index (χ0v) is 19.2. The number of nitrogens with one attached hydrogen (secondary N) is 1. The molecule has 1 atom stereocenters. The summed E-state index contributed by atoms with van der Waals surface area (Å²) in [5.41, 5.74) is 2.67. The Labute approximate surface area is 192 Å². The maximum Gasteiger partial charge on any atom is 0.434 e. The largest absolute Gasteiger partial charge is 0.507 e. The van der Waals surface area contributed by atoms with Gasteiger partial charge < -0.3 is 24.7 Å². The average Bonchev–Trinajstić information content (AvgIpc) is 2.74. The Morgan fingerprint density at radius 3 is 2.59 bits per heavy atom. The fourth-order valence-corrected chi connectivity index (χ4v) is 3.22. The molecule has 0 saturated heterocycles. The fourth-order valence-electron chi connectivity index (χ4n) is 3.02. The number of hydrogen-bond acceptors (Lipinski definition) is 7. The maximum atomic E-state index is 12.8. The van der Waals surface area contributed by atoms with Gasteiger partial charge >= 0.3 is 12.1 Å². The molecule has 1 heterocycles. The lowest BCUT2D eigenvalue weighted by Crippen LogP contribution is -2.34.